The number of nitrogens with one attached hydrogen (secondary N) is 1. The number of anilines is 1. The van der Waals surface area contributed by atoms with Crippen molar-refractivity contribution in [2.45, 2.75) is 38.1 Å². The highest BCUT2D eigenvalue weighted by Gasteiger charge is 2.28. The lowest BCUT2D eigenvalue weighted by Crippen LogP contribution is -2.31. The molecule has 1 fully saturated rings. The Bertz CT molecular complexity index is 332. The van der Waals surface area contributed by atoms with E-state index in [1.165, 1.54) is 25.7 Å². The molecule has 1 saturated carbocycles. The van der Waals surface area contributed by atoms with Crippen LogP contribution in [0.2, 0.25) is 0 Å². The summed E-state index contributed by atoms with van der Waals surface area (Å²) in [7, 11) is 1.64. The zero-order chi connectivity index (χ0) is 10.7. The number of rotatable bonds is 3. The number of pyridine rings is 1. The first-order valence-electron chi connectivity index (χ1n) is 5.51. The monoisotopic (exact) mass is 206 g/mol. The molecule has 0 bridgehead atoms. The van der Waals surface area contributed by atoms with Crippen LogP contribution in [0.25, 0.3) is 0 Å². The molecule has 15 heavy (non-hydrogen) atoms. The molecular weight excluding hydrogens is 188 g/mol. The summed E-state index contributed by atoms with van der Waals surface area (Å²) < 4.78 is 5.10. The molecule has 0 radical (unpaired) electrons. The molecule has 0 saturated heterocycles. The third-order valence-corrected chi connectivity index (χ3v) is 3.07. The van der Waals surface area contributed by atoms with Crippen molar-refractivity contribution in [2.75, 3.05) is 12.4 Å². The highest BCUT2D eigenvalue weighted by atomic mass is 16.5. The van der Waals surface area contributed by atoms with Gasteiger partial charge < -0.3 is 10.1 Å². The molecule has 1 aromatic heterocycles. The van der Waals surface area contributed by atoms with Gasteiger partial charge in [0.05, 0.1) is 7.11 Å². The third kappa shape index (κ3) is 2.41. The fraction of sp³-hybridized carbons (Fsp3) is 0.583. The second-order valence-corrected chi connectivity index (χ2v) is 4.46. The average molecular weight is 206 g/mol. The molecule has 0 unspecified atom stereocenters. The van der Waals surface area contributed by atoms with Gasteiger partial charge in [0.2, 0.25) is 5.88 Å². The molecule has 1 aromatic rings. The van der Waals surface area contributed by atoms with Gasteiger partial charge in [-0.2, -0.15) is 4.98 Å². The summed E-state index contributed by atoms with van der Waals surface area (Å²) in [6, 6.07) is 5.82. The Morgan fingerprint density at radius 1 is 1.33 bits per heavy atom. The van der Waals surface area contributed by atoms with E-state index in [0.717, 1.165) is 5.82 Å². The topological polar surface area (TPSA) is 34.1 Å². The van der Waals surface area contributed by atoms with Crippen molar-refractivity contribution < 1.29 is 4.74 Å². The van der Waals surface area contributed by atoms with Gasteiger partial charge in [0, 0.05) is 11.6 Å². The van der Waals surface area contributed by atoms with Gasteiger partial charge in [-0.05, 0) is 25.8 Å². The van der Waals surface area contributed by atoms with Crippen molar-refractivity contribution in [1.82, 2.24) is 4.98 Å². The molecule has 0 spiro atoms. The summed E-state index contributed by atoms with van der Waals surface area (Å²) in [6.07, 6.45) is 5.08. The van der Waals surface area contributed by atoms with Gasteiger partial charge in [-0.25, -0.2) is 0 Å². The van der Waals surface area contributed by atoms with Crippen molar-refractivity contribution in [2.24, 2.45) is 0 Å². The number of methoxy groups -OCH3 is 1. The normalized spacial score (nSPS) is 18.8. The van der Waals surface area contributed by atoms with E-state index in [2.05, 4.69) is 17.2 Å². The van der Waals surface area contributed by atoms with E-state index in [4.69, 9.17) is 4.74 Å². The first-order valence-corrected chi connectivity index (χ1v) is 5.51. The Hall–Kier alpha value is -1.25. The van der Waals surface area contributed by atoms with Gasteiger partial charge in [-0.15, -0.1) is 0 Å². The van der Waals surface area contributed by atoms with Gasteiger partial charge in [-0.1, -0.05) is 18.9 Å². The van der Waals surface area contributed by atoms with Crippen LogP contribution in [0.1, 0.15) is 32.6 Å². The standard InChI is InChI=1S/C12H18N2O/c1-12(8-3-4-9-12)14-10-6-5-7-11(13-10)15-2/h5-7H,3-4,8-9H2,1-2H3,(H,13,14). The van der Waals surface area contributed by atoms with Crippen LogP contribution in [0.4, 0.5) is 5.82 Å². The fourth-order valence-corrected chi connectivity index (χ4v) is 2.19. The van der Waals surface area contributed by atoms with Crippen LogP contribution in [-0.2, 0) is 0 Å². The predicted octanol–water partition coefficient (Wildman–Crippen LogP) is 2.83. The second kappa shape index (κ2) is 4.09. The van der Waals surface area contributed by atoms with Crippen molar-refractivity contribution in [3.63, 3.8) is 0 Å². The summed E-state index contributed by atoms with van der Waals surface area (Å²) >= 11 is 0. The molecule has 3 heteroatoms. The minimum Gasteiger partial charge on any atom is -0.481 e. The quantitative estimate of drug-likeness (QED) is 0.825. The van der Waals surface area contributed by atoms with E-state index in [1.54, 1.807) is 7.11 Å². The maximum atomic E-state index is 5.10. The zero-order valence-corrected chi connectivity index (χ0v) is 9.42. The molecule has 1 aliphatic carbocycles. The van der Waals surface area contributed by atoms with E-state index < -0.39 is 0 Å². The number of aromatic nitrogens is 1. The highest BCUT2D eigenvalue weighted by Crippen LogP contribution is 2.32. The molecule has 3 nitrogen and oxygen atoms in total. The molecule has 0 amide bonds. The molecular formula is C12H18N2O. The van der Waals surface area contributed by atoms with E-state index in [1.807, 2.05) is 18.2 Å². The predicted molar refractivity (Wildman–Crippen MR) is 61.3 cm³/mol. The van der Waals surface area contributed by atoms with Gasteiger partial charge >= 0.3 is 0 Å². The molecule has 1 aliphatic rings. The SMILES string of the molecule is COc1cccc(NC2(C)CCCC2)n1. The maximum absolute atomic E-state index is 5.10. The lowest BCUT2D eigenvalue weighted by atomic mass is 10.0. The van der Waals surface area contributed by atoms with E-state index in [9.17, 15) is 0 Å². The van der Waals surface area contributed by atoms with Crippen molar-refractivity contribution >= 4 is 5.82 Å². The summed E-state index contributed by atoms with van der Waals surface area (Å²) in [6.45, 7) is 2.27. The smallest absolute Gasteiger partial charge is 0.214 e. The zero-order valence-electron chi connectivity index (χ0n) is 9.42. The third-order valence-electron chi connectivity index (χ3n) is 3.07. The van der Waals surface area contributed by atoms with Crippen molar-refractivity contribution in [3.8, 4) is 5.88 Å². The second-order valence-electron chi connectivity index (χ2n) is 4.46. The number of hydrogen-bond acceptors (Lipinski definition) is 3. The molecule has 1 N–H and O–H groups in total. The van der Waals surface area contributed by atoms with Crippen LogP contribution < -0.4 is 10.1 Å². The average Bonchev–Trinajstić information content (AvgIpc) is 2.65. The molecule has 82 valence electrons. The van der Waals surface area contributed by atoms with Crippen LogP contribution in [0, 0.1) is 0 Å². The molecule has 0 aromatic carbocycles. The summed E-state index contributed by atoms with van der Waals surface area (Å²) in [5, 5.41) is 3.50. The molecule has 1 heterocycles. The summed E-state index contributed by atoms with van der Waals surface area (Å²) in [4.78, 5) is 4.37. The largest absolute Gasteiger partial charge is 0.481 e. The van der Waals surface area contributed by atoms with Crippen molar-refractivity contribution in [3.05, 3.63) is 18.2 Å². The summed E-state index contributed by atoms with van der Waals surface area (Å²) in [5.41, 5.74) is 0.222. The maximum Gasteiger partial charge on any atom is 0.214 e. The minimum atomic E-state index is 0.222. The van der Waals surface area contributed by atoms with Crippen LogP contribution in [0.3, 0.4) is 0 Å². The van der Waals surface area contributed by atoms with Crippen LogP contribution in [0.5, 0.6) is 5.88 Å². The van der Waals surface area contributed by atoms with Gasteiger partial charge in [0.1, 0.15) is 5.82 Å². The highest BCUT2D eigenvalue weighted by molar-refractivity contribution is 5.40. The molecule has 2 rings (SSSR count). The minimum absolute atomic E-state index is 0.222. The van der Waals surface area contributed by atoms with Crippen LogP contribution >= 0.6 is 0 Å². The van der Waals surface area contributed by atoms with Gasteiger partial charge in [0.15, 0.2) is 0 Å². The number of hydrogen-bond donors (Lipinski definition) is 1. The first kappa shape index (κ1) is 10.3. The van der Waals surface area contributed by atoms with Gasteiger partial charge in [0.25, 0.3) is 0 Å². The Balaban J connectivity index is 2.09. The molecule has 0 atom stereocenters. The van der Waals surface area contributed by atoms with E-state index in [0.29, 0.717) is 5.88 Å². The lowest BCUT2D eigenvalue weighted by Gasteiger charge is -2.25. The summed E-state index contributed by atoms with van der Waals surface area (Å²) in [5.74, 6) is 1.58. The van der Waals surface area contributed by atoms with E-state index in [-0.39, 0.29) is 5.54 Å². The number of nitrogens with zero attached hydrogens (tertiary/aromatic N) is 1. The van der Waals surface area contributed by atoms with Gasteiger partial charge in [-0.3, -0.25) is 0 Å². The fourth-order valence-electron chi connectivity index (χ4n) is 2.19. The Morgan fingerprint density at radius 3 is 2.73 bits per heavy atom. The Labute approximate surface area is 90.9 Å². The first-order chi connectivity index (χ1) is 7.22. The van der Waals surface area contributed by atoms with Crippen LogP contribution in [-0.4, -0.2) is 17.6 Å². The van der Waals surface area contributed by atoms with E-state index >= 15 is 0 Å². The number of ether oxygens (including phenoxy) is 1. The lowest BCUT2D eigenvalue weighted by molar-refractivity contribution is 0.397. The van der Waals surface area contributed by atoms with Crippen LogP contribution in [0.15, 0.2) is 18.2 Å². The molecule has 0 aliphatic heterocycles. The Morgan fingerprint density at radius 2 is 2.07 bits per heavy atom. The van der Waals surface area contributed by atoms with Crippen molar-refractivity contribution in [1.29, 1.82) is 0 Å². The Kier molecular flexibility index (Phi) is 2.80.